The van der Waals surface area contributed by atoms with Gasteiger partial charge in [0.15, 0.2) is 11.5 Å². The fourth-order valence-electron chi connectivity index (χ4n) is 4.64. The second kappa shape index (κ2) is 7.83. The van der Waals surface area contributed by atoms with Crippen LogP contribution in [-0.4, -0.2) is 32.5 Å². The van der Waals surface area contributed by atoms with E-state index in [-0.39, 0.29) is 5.75 Å². The zero-order valence-corrected chi connectivity index (χ0v) is 19.1. The first-order chi connectivity index (χ1) is 15.8. The van der Waals surface area contributed by atoms with Crippen LogP contribution in [0.5, 0.6) is 11.5 Å². The van der Waals surface area contributed by atoms with E-state index in [1.165, 1.54) is 18.7 Å². The molecule has 0 bridgehead atoms. The van der Waals surface area contributed by atoms with E-state index in [2.05, 4.69) is 0 Å². The molecule has 0 unspecified atom stereocenters. The number of benzene rings is 2. The minimum atomic E-state index is -0.713. The topological polar surface area (TPSA) is 87.6 Å². The number of phenolic OH excluding ortho intramolecular Hbond substituents is 1. The highest BCUT2D eigenvalue weighted by Crippen LogP contribution is 2.44. The quantitative estimate of drug-likeness (QED) is 0.500. The number of phenols is 1. The summed E-state index contributed by atoms with van der Waals surface area (Å²) in [5, 5.41) is 11.8. The molecule has 8 nitrogen and oxygen atoms in total. The van der Waals surface area contributed by atoms with E-state index in [1.807, 2.05) is 16.7 Å². The third-order valence-corrected chi connectivity index (χ3v) is 6.45. The number of nitrogens with zero attached hydrogens (tertiary/aromatic N) is 3. The van der Waals surface area contributed by atoms with E-state index < -0.39 is 17.4 Å². The first-order valence-corrected chi connectivity index (χ1v) is 10.8. The van der Waals surface area contributed by atoms with Crippen LogP contribution >= 0.6 is 11.6 Å². The number of hydrogen-bond donors (Lipinski definition) is 1. The van der Waals surface area contributed by atoms with Gasteiger partial charge in [-0.3, -0.25) is 13.9 Å². The SMILES string of the molecule is COc1cccc([C@H]2OCCn3c(-c4ccc(Cl)cc4)c4c(=O)n(C)c(=O)n(C)c4c32)c1O. The van der Waals surface area contributed by atoms with Gasteiger partial charge in [-0.15, -0.1) is 0 Å². The summed E-state index contributed by atoms with van der Waals surface area (Å²) in [6.45, 7) is 0.824. The lowest BCUT2D eigenvalue weighted by molar-refractivity contribution is 0.0462. The van der Waals surface area contributed by atoms with Crippen molar-refractivity contribution in [3.8, 4) is 22.8 Å². The average Bonchev–Trinajstić information content (AvgIpc) is 3.18. The Morgan fingerprint density at radius 1 is 1.09 bits per heavy atom. The monoisotopic (exact) mass is 467 g/mol. The summed E-state index contributed by atoms with van der Waals surface area (Å²) in [6.07, 6.45) is -0.713. The standard InChI is InChI=1S/C24H22ClN3O5/c1-26-19-17(23(30)27(2)24(26)31)18(13-7-9-14(25)10-8-13)28-11-12-33-22(20(19)28)15-5-4-6-16(32-3)21(15)29/h4-10,22,29H,11-12H2,1-3H3/t22-/m1/s1. The van der Waals surface area contributed by atoms with Gasteiger partial charge in [-0.1, -0.05) is 35.9 Å². The van der Waals surface area contributed by atoms with Crippen LogP contribution in [0.2, 0.25) is 5.02 Å². The molecule has 1 atom stereocenters. The predicted octanol–water partition coefficient (Wildman–Crippen LogP) is 3.19. The molecule has 0 spiro atoms. The fourth-order valence-corrected chi connectivity index (χ4v) is 4.77. The van der Waals surface area contributed by atoms with Gasteiger partial charge in [0.05, 0.1) is 36.0 Å². The number of methoxy groups -OCH3 is 1. The molecule has 3 heterocycles. The van der Waals surface area contributed by atoms with Crippen molar-refractivity contribution in [1.29, 1.82) is 0 Å². The third kappa shape index (κ3) is 3.09. The van der Waals surface area contributed by atoms with Crippen molar-refractivity contribution in [2.75, 3.05) is 13.7 Å². The van der Waals surface area contributed by atoms with Crippen LogP contribution in [0.25, 0.3) is 22.2 Å². The van der Waals surface area contributed by atoms with Crippen molar-refractivity contribution >= 4 is 22.5 Å². The highest BCUT2D eigenvalue weighted by atomic mass is 35.5. The van der Waals surface area contributed by atoms with Crippen LogP contribution in [0.1, 0.15) is 17.4 Å². The van der Waals surface area contributed by atoms with E-state index in [1.54, 1.807) is 37.4 Å². The third-order valence-electron chi connectivity index (χ3n) is 6.20. The summed E-state index contributed by atoms with van der Waals surface area (Å²) >= 11 is 6.11. The van der Waals surface area contributed by atoms with Gasteiger partial charge < -0.3 is 19.1 Å². The van der Waals surface area contributed by atoms with Crippen LogP contribution in [0.4, 0.5) is 0 Å². The maximum absolute atomic E-state index is 13.4. The van der Waals surface area contributed by atoms with Crippen molar-refractivity contribution < 1.29 is 14.6 Å². The van der Waals surface area contributed by atoms with Crippen molar-refractivity contribution in [3.63, 3.8) is 0 Å². The number of fused-ring (bicyclic) bond motifs is 3. The molecule has 0 amide bonds. The van der Waals surface area contributed by atoms with Gasteiger partial charge in [0.25, 0.3) is 5.56 Å². The van der Waals surface area contributed by atoms with E-state index in [9.17, 15) is 14.7 Å². The highest BCUT2D eigenvalue weighted by molar-refractivity contribution is 6.30. The van der Waals surface area contributed by atoms with Crippen molar-refractivity contribution in [2.45, 2.75) is 12.6 Å². The Morgan fingerprint density at radius 2 is 1.82 bits per heavy atom. The zero-order chi connectivity index (χ0) is 23.4. The molecule has 0 saturated heterocycles. The summed E-state index contributed by atoms with van der Waals surface area (Å²) < 4.78 is 16.0. The number of hydrogen-bond acceptors (Lipinski definition) is 5. The molecule has 5 rings (SSSR count). The fraction of sp³-hybridized carbons (Fsp3) is 0.250. The van der Waals surface area contributed by atoms with Crippen LogP contribution < -0.4 is 16.0 Å². The zero-order valence-electron chi connectivity index (χ0n) is 18.3. The smallest absolute Gasteiger partial charge is 0.331 e. The summed E-state index contributed by atoms with van der Waals surface area (Å²) in [5.41, 5.74) is 2.23. The second-order valence-corrected chi connectivity index (χ2v) is 8.41. The Morgan fingerprint density at radius 3 is 2.52 bits per heavy atom. The molecular weight excluding hydrogens is 446 g/mol. The van der Waals surface area contributed by atoms with Crippen molar-refractivity contribution in [3.05, 3.63) is 79.6 Å². The lowest BCUT2D eigenvalue weighted by Gasteiger charge is -2.28. The van der Waals surface area contributed by atoms with Crippen LogP contribution in [0, 0.1) is 0 Å². The summed E-state index contributed by atoms with van der Waals surface area (Å²) in [7, 11) is 4.58. The summed E-state index contributed by atoms with van der Waals surface area (Å²) in [4.78, 5) is 26.3. The van der Waals surface area contributed by atoms with Crippen LogP contribution in [0.15, 0.2) is 52.1 Å². The van der Waals surface area contributed by atoms with Gasteiger partial charge in [0.2, 0.25) is 0 Å². The Bertz CT molecular complexity index is 1510. The first kappa shape index (κ1) is 21.4. The van der Waals surface area contributed by atoms with E-state index >= 15 is 0 Å². The van der Waals surface area contributed by atoms with E-state index in [4.69, 9.17) is 21.1 Å². The molecule has 33 heavy (non-hydrogen) atoms. The molecule has 0 aliphatic carbocycles. The molecule has 1 aliphatic rings. The minimum Gasteiger partial charge on any atom is -0.504 e. The maximum atomic E-state index is 13.4. The van der Waals surface area contributed by atoms with Gasteiger partial charge in [0, 0.05) is 31.2 Å². The number of aromatic hydroxyl groups is 1. The van der Waals surface area contributed by atoms with Crippen LogP contribution in [0.3, 0.4) is 0 Å². The first-order valence-electron chi connectivity index (χ1n) is 10.4. The number of aromatic nitrogens is 3. The summed E-state index contributed by atoms with van der Waals surface area (Å²) in [5.74, 6) is 0.265. The Balaban J connectivity index is 1.93. The predicted molar refractivity (Wildman–Crippen MR) is 125 cm³/mol. The number of para-hydroxylation sites is 1. The van der Waals surface area contributed by atoms with Gasteiger partial charge in [0.1, 0.15) is 6.10 Å². The highest BCUT2D eigenvalue weighted by Gasteiger charge is 2.34. The molecule has 170 valence electrons. The average molecular weight is 468 g/mol. The molecule has 4 aromatic rings. The molecule has 2 aromatic heterocycles. The number of halogens is 1. The molecule has 1 aliphatic heterocycles. The second-order valence-electron chi connectivity index (χ2n) is 7.97. The lowest BCUT2D eigenvalue weighted by Crippen LogP contribution is -2.37. The molecule has 1 N–H and O–H groups in total. The summed E-state index contributed by atoms with van der Waals surface area (Å²) in [6, 6.07) is 12.4. The lowest BCUT2D eigenvalue weighted by atomic mass is 10.0. The molecule has 0 radical (unpaired) electrons. The normalized spacial score (nSPS) is 15.6. The Hall–Kier alpha value is -3.49. The molecule has 0 fully saturated rings. The Kier molecular flexibility index (Phi) is 5.07. The van der Waals surface area contributed by atoms with Crippen molar-refractivity contribution in [2.24, 2.45) is 14.1 Å². The van der Waals surface area contributed by atoms with Gasteiger partial charge >= 0.3 is 5.69 Å². The van der Waals surface area contributed by atoms with Gasteiger partial charge in [-0.25, -0.2) is 4.79 Å². The van der Waals surface area contributed by atoms with E-state index in [0.29, 0.717) is 51.8 Å². The van der Waals surface area contributed by atoms with Crippen LogP contribution in [-0.2, 0) is 25.4 Å². The van der Waals surface area contributed by atoms with Gasteiger partial charge in [-0.2, -0.15) is 0 Å². The maximum Gasteiger partial charge on any atom is 0.331 e. The molecular formula is C24H22ClN3O5. The molecule has 0 saturated carbocycles. The number of aryl methyl sites for hydroxylation is 1. The largest absolute Gasteiger partial charge is 0.504 e. The minimum absolute atomic E-state index is 0.0466. The molecule has 2 aromatic carbocycles. The van der Waals surface area contributed by atoms with Gasteiger partial charge in [-0.05, 0) is 23.8 Å². The number of rotatable bonds is 3. The Labute approximate surface area is 193 Å². The number of ether oxygens (including phenoxy) is 2. The van der Waals surface area contributed by atoms with E-state index in [0.717, 1.165) is 10.1 Å². The molecule has 9 heteroatoms. The van der Waals surface area contributed by atoms with Crippen molar-refractivity contribution in [1.82, 2.24) is 13.7 Å².